The van der Waals surface area contributed by atoms with Crippen LogP contribution in [-0.2, 0) is 6.42 Å². The first-order valence-corrected chi connectivity index (χ1v) is 5.04. The lowest BCUT2D eigenvalue weighted by Gasteiger charge is -1.95. The van der Waals surface area contributed by atoms with Crippen molar-refractivity contribution >= 4 is 28.5 Å². The van der Waals surface area contributed by atoms with Crippen LogP contribution < -0.4 is 0 Å². The number of carbonyl (C=O) groups is 1. The number of benzene rings is 1. The van der Waals surface area contributed by atoms with Gasteiger partial charge in [0.25, 0.3) is 0 Å². The highest BCUT2D eigenvalue weighted by atomic mass is 35.5. The average Bonchev–Trinajstić information content (AvgIpc) is 2.54. The van der Waals surface area contributed by atoms with Gasteiger partial charge in [0.2, 0.25) is 0 Å². The van der Waals surface area contributed by atoms with Gasteiger partial charge in [-0.2, -0.15) is 0 Å². The molecule has 2 N–H and O–H groups in total. The minimum absolute atomic E-state index is 0.351. The zero-order chi connectivity index (χ0) is 11.0. The maximum Gasteiger partial charge on any atom is 0.338 e. The number of aryl methyl sites for hydroxylation is 1. The van der Waals surface area contributed by atoms with E-state index in [2.05, 4.69) is 4.98 Å². The molecule has 0 aliphatic heterocycles. The Kier molecular flexibility index (Phi) is 2.40. The molecule has 0 radical (unpaired) electrons. The summed E-state index contributed by atoms with van der Waals surface area (Å²) in [6, 6.07) is 5.17. The predicted molar refractivity (Wildman–Crippen MR) is 59.6 cm³/mol. The Morgan fingerprint density at radius 3 is 2.87 bits per heavy atom. The maximum absolute atomic E-state index is 11.1. The van der Waals surface area contributed by atoms with Crippen molar-refractivity contribution in [2.75, 3.05) is 0 Å². The SMILES string of the molecule is CCc1[nH]c2cc(Cl)ccc2c1C(=O)O. The molecular formula is C11H10ClNO2. The normalized spacial score (nSPS) is 10.8. The zero-order valence-corrected chi connectivity index (χ0v) is 8.93. The lowest BCUT2D eigenvalue weighted by molar-refractivity contribution is 0.0698. The molecule has 1 aromatic carbocycles. The largest absolute Gasteiger partial charge is 0.478 e. The third-order valence-corrected chi connectivity index (χ3v) is 2.64. The van der Waals surface area contributed by atoms with Gasteiger partial charge in [-0.3, -0.25) is 0 Å². The first kappa shape index (κ1) is 10.1. The number of carboxylic acid groups (broad SMARTS) is 1. The van der Waals surface area contributed by atoms with E-state index in [1.165, 1.54) is 0 Å². The summed E-state index contributed by atoms with van der Waals surface area (Å²) < 4.78 is 0. The van der Waals surface area contributed by atoms with E-state index < -0.39 is 5.97 Å². The van der Waals surface area contributed by atoms with Gasteiger partial charge in [0.1, 0.15) is 0 Å². The smallest absolute Gasteiger partial charge is 0.338 e. The molecule has 0 unspecified atom stereocenters. The summed E-state index contributed by atoms with van der Waals surface area (Å²) in [5, 5.41) is 10.4. The van der Waals surface area contributed by atoms with Gasteiger partial charge in [0.05, 0.1) is 5.56 Å². The van der Waals surface area contributed by atoms with E-state index >= 15 is 0 Å². The lowest BCUT2D eigenvalue weighted by atomic mass is 10.1. The number of halogens is 1. The van der Waals surface area contributed by atoms with Crippen LogP contribution in [0.2, 0.25) is 5.02 Å². The third-order valence-electron chi connectivity index (χ3n) is 2.41. The fourth-order valence-corrected chi connectivity index (χ4v) is 1.91. The predicted octanol–water partition coefficient (Wildman–Crippen LogP) is 3.08. The second-order valence-corrected chi connectivity index (χ2v) is 3.76. The van der Waals surface area contributed by atoms with Crippen LogP contribution in [0.1, 0.15) is 23.0 Å². The second-order valence-electron chi connectivity index (χ2n) is 3.33. The summed E-state index contributed by atoms with van der Waals surface area (Å²) in [5.41, 5.74) is 1.86. The summed E-state index contributed by atoms with van der Waals surface area (Å²) >= 11 is 5.84. The van der Waals surface area contributed by atoms with Crippen molar-refractivity contribution in [2.24, 2.45) is 0 Å². The van der Waals surface area contributed by atoms with Gasteiger partial charge < -0.3 is 10.1 Å². The van der Waals surface area contributed by atoms with Crippen LogP contribution in [0.5, 0.6) is 0 Å². The van der Waals surface area contributed by atoms with E-state index in [4.69, 9.17) is 16.7 Å². The van der Waals surface area contributed by atoms with E-state index in [1.807, 2.05) is 6.92 Å². The van der Waals surface area contributed by atoms with Gasteiger partial charge in [0, 0.05) is 21.6 Å². The van der Waals surface area contributed by atoms with E-state index in [-0.39, 0.29) is 0 Å². The van der Waals surface area contributed by atoms with Crippen molar-refractivity contribution in [3.05, 3.63) is 34.5 Å². The van der Waals surface area contributed by atoms with Crippen LogP contribution in [0.25, 0.3) is 10.9 Å². The number of fused-ring (bicyclic) bond motifs is 1. The maximum atomic E-state index is 11.1. The Hall–Kier alpha value is -1.48. The molecule has 2 rings (SSSR count). The number of aromatic nitrogens is 1. The lowest BCUT2D eigenvalue weighted by Crippen LogP contribution is -1.99. The molecule has 3 nitrogen and oxygen atoms in total. The summed E-state index contributed by atoms with van der Waals surface area (Å²) in [5.74, 6) is -0.902. The molecule has 15 heavy (non-hydrogen) atoms. The van der Waals surface area contributed by atoms with Crippen molar-refractivity contribution in [3.8, 4) is 0 Å². The minimum Gasteiger partial charge on any atom is -0.478 e. The topological polar surface area (TPSA) is 53.1 Å². The van der Waals surface area contributed by atoms with Gasteiger partial charge in [-0.15, -0.1) is 0 Å². The minimum atomic E-state index is -0.902. The number of rotatable bonds is 2. The van der Waals surface area contributed by atoms with E-state index in [0.717, 1.165) is 11.2 Å². The van der Waals surface area contributed by atoms with Crippen LogP contribution in [0, 0.1) is 0 Å². The first-order chi connectivity index (χ1) is 7.13. The quantitative estimate of drug-likeness (QED) is 0.822. The number of hydrogen-bond acceptors (Lipinski definition) is 1. The van der Waals surface area contributed by atoms with Crippen molar-refractivity contribution in [3.63, 3.8) is 0 Å². The number of hydrogen-bond donors (Lipinski definition) is 2. The van der Waals surface area contributed by atoms with Gasteiger partial charge in [-0.1, -0.05) is 24.6 Å². The van der Waals surface area contributed by atoms with Crippen LogP contribution in [-0.4, -0.2) is 16.1 Å². The van der Waals surface area contributed by atoms with Gasteiger partial charge in [-0.25, -0.2) is 4.79 Å². The Labute approximate surface area is 91.7 Å². The molecule has 0 saturated carbocycles. The second kappa shape index (κ2) is 3.59. The van der Waals surface area contributed by atoms with Gasteiger partial charge in [-0.05, 0) is 18.6 Å². The molecule has 1 aromatic heterocycles. The molecule has 2 aromatic rings. The molecule has 4 heteroatoms. The fraction of sp³-hybridized carbons (Fsp3) is 0.182. The molecule has 0 amide bonds. The third kappa shape index (κ3) is 1.59. The first-order valence-electron chi connectivity index (χ1n) is 4.67. The molecule has 0 saturated heterocycles. The summed E-state index contributed by atoms with van der Waals surface area (Å²) in [6.07, 6.45) is 0.661. The van der Waals surface area contributed by atoms with Gasteiger partial charge >= 0.3 is 5.97 Å². The van der Waals surface area contributed by atoms with Crippen molar-refractivity contribution in [1.82, 2.24) is 4.98 Å². The molecule has 0 bridgehead atoms. The molecular weight excluding hydrogens is 214 g/mol. The zero-order valence-electron chi connectivity index (χ0n) is 8.17. The van der Waals surface area contributed by atoms with Crippen LogP contribution in [0.3, 0.4) is 0 Å². The molecule has 0 aliphatic carbocycles. The van der Waals surface area contributed by atoms with Crippen molar-refractivity contribution in [1.29, 1.82) is 0 Å². The molecule has 0 aliphatic rings. The Morgan fingerprint density at radius 1 is 1.53 bits per heavy atom. The summed E-state index contributed by atoms with van der Waals surface area (Å²) in [7, 11) is 0. The molecule has 0 fully saturated rings. The highest BCUT2D eigenvalue weighted by Crippen LogP contribution is 2.25. The Morgan fingerprint density at radius 2 is 2.27 bits per heavy atom. The highest BCUT2D eigenvalue weighted by Gasteiger charge is 2.16. The number of nitrogens with one attached hydrogen (secondary N) is 1. The van der Waals surface area contributed by atoms with Gasteiger partial charge in [0.15, 0.2) is 0 Å². The fourth-order valence-electron chi connectivity index (χ4n) is 1.73. The molecule has 1 heterocycles. The molecule has 78 valence electrons. The Bertz CT molecular complexity index is 531. The monoisotopic (exact) mass is 223 g/mol. The number of aromatic amines is 1. The van der Waals surface area contributed by atoms with Crippen LogP contribution >= 0.6 is 11.6 Å². The van der Waals surface area contributed by atoms with E-state index in [1.54, 1.807) is 18.2 Å². The number of aromatic carboxylic acids is 1. The average molecular weight is 224 g/mol. The number of H-pyrrole nitrogens is 1. The standard InChI is InChI=1S/C11H10ClNO2/c1-2-8-10(11(14)15)7-4-3-6(12)5-9(7)13-8/h3-5,13H,2H2,1H3,(H,14,15). The van der Waals surface area contributed by atoms with E-state index in [9.17, 15) is 4.79 Å². The highest BCUT2D eigenvalue weighted by molar-refractivity contribution is 6.31. The number of carboxylic acids is 1. The Balaban J connectivity index is 2.80. The molecule has 0 atom stereocenters. The summed E-state index contributed by atoms with van der Waals surface area (Å²) in [4.78, 5) is 14.2. The van der Waals surface area contributed by atoms with Crippen LogP contribution in [0.4, 0.5) is 0 Å². The molecule has 0 spiro atoms. The van der Waals surface area contributed by atoms with Crippen molar-refractivity contribution < 1.29 is 9.90 Å². The van der Waals surface area contributed by atoms with E-state index in [0.29, 0.717) is 22.4 Å². The van der Waals surface area contributed by atoms with Crippen molar-refractivity contribution in [2.45, 2.75) is 13.3 Å². The van der Waals surface area contributed by atoms with Crippen LogP contribution in [0.15, 0.2) is 18.2 Å². The summed E-state index contributed by atoms with van der Waals surface area (Å²) in [6.45, 7) is 1.92.